The minimum atomic E-state index is -0.409. The Morgan fingerprint density at radius 3 is 2.80 bits per heavy atom. The number of aryl methyl sites for hydroxylation is 1. The SMILES string of the molecule is C[C@H](Sc1nnc(-c2cc3c(s2)CC[C@H](C(C)(C)C)C3)n1C)C(=O)N1CCNC1=O. The molecule has 2 aromatic heterocycles. The van der Waals surface area contributed by atoms with Gasteiger partial charge in [-0.1, -0.05) is 32.5 Å². The van der Waals surface area contributed by atoms with E-state index in [2.05, 4.69) is 42.4 Å². The minimum Gasteiger partial charge on any atom is -0.336 e. The second-order valence-corrected chi connectivity index (χ2v) is 11.7. The van der Waals surface area contributed by atoms with Crippen molar-refractivity contribution in [3.8, 4) is 10.7 Å². The molecule has 9 heteroatoms. The average Bonchev–Trinajstić information content (AvgIpc) is 3.38. The van der Waals surface area contributed by atoms with Crippen LogP contribution in [0.4, 0.5) is 4.79 Å². The molecule has 0 saturated carbocycles. The number of imide groups is 1. The third-order valence-corrected chi connectivity index (χ3v) is 8.47. The van der Waals surface area contributed by atoms with Crippen LogP contribution in [0.3, 0.4) is 0 Å². The van der Waals surface area contributed by atoms with E-state index in [4.69, 9.17) is 0 Å². The molecule has 0 unspecified atom stereocenters. The summed E-state index contributed by atoms with van der Waals surface area (Å²) in [4.78, 5) is 28.2. The summed E-state index contributed by atoms with van der Waals surface area (Å²) < 4.78 is 1.96. The molecule has 7 nitrogen and oxygen atoms in total. The van der Waals surface area contributed by atoms with Crippen molar-refractivity contribution in [3.63, 3.8) is 0 Å². The van der Waals surface area contributed by atoms with Gasteiger partial charge in [0.1, 0.15) is 0 Å². The van der Waals surface area contributed by atoms with Crippen molar-refractivity contribution < 1.29 is 9.59 Å². The number of carbonyl (C=O) groups excluding carboxylic acids is 2. The lowest BCUT2D eigenvalue weighted by Crippen LogP contribution is -2.39. The Morgan fingerprint density at radius 2 is 2.13 bits per heavy atom. The van der Waals surface area contributed by atoms with Gasteiger partial charge in [0.25, 0.3) is 0 Å². The van der Waals surface area contributed by atoms with Gasteiger partial charge in [-0.05, 0) is 49.1 Å². The minimum absolute atomic E-state index is 0.195. The summed E-state index contributed by atoms with van der Waals surface area (Å²) in [7, 11) is 1.94. The van der Waals surface area contributed by atoms with Crippen LogP contribution in [0.1, 0.15) is 44.6 Å². The Kier molecular flexibility index (Phi) is 5.69. The number of thiophene rings is 1. The lowest BCUT2D eigenvalue weighted by atomic mass is 9.72. The van der Waals surface area contributed by atoms with Gasteiger partial charge < -0.3 is 9.88 Å². The van der Waals surface area contributed by atoms with E-state index in [1.807, 2.05) is 29.9 Å². The molecular weight excluding hydrogens is 418 g/mol. The van der Waals surface area contributed by atoms with Crippen molar-refractivity contribution >= 4 is 35.0 Å². The Balaban J connectivity index is 1.50. The number of nitrogens with zero attached hydrogens (tertiary/aromatic N) is 4. The summed E-state index contributed by atoms with van der Waals surface area (Å²) in [6, 6.07) is 1.96. The summed E-state index contributed by atoms with van der Waals surface area (Å²) in [5.74, 6) is 1.34. The zero-order chi connectivity index (χ0) is 21.6. The molecule has 2 atom stereocenters. The van der Waals surface area contributed by atoms with Crippen molar-refractivity contribution in [2.45, 2.75) is 57.4 Å². The summed E-state index contributed by atoms with van der Waals surface area (Å²) in [6.07, 6.45) is 3.49. The van der Waals surface area contributed by atoms with E-state index in [-0.39, 0.29) is 11.9 Å². The maximum Gasteiger partial charge on any atom is 0.324 e. The molecule has 0 radical (unpaired) electrons. The molecule has 1 saturated heterocycles. The number of amides is 3. The van der Waals surface area contributed by atoms with Gasteiger partial charge in [0, 0.05) is 25.0 Å². The van der Waals surface area contributed by atoms with Crippen LogP contribution in [-0.2, 0) is 24.7 Å². The van der Waals surface area contributed by atoms with E-state index in [0.29, 0.717) is 29.6 Å². The average molecular weight is 448 g/mol. The van der Waals surface area contributed by atoms with Crippen LogP contribution in [0.25, 0.3) is 10.7 Å². The number of aromatic nitrogens is 3. The van der Waals surface area contributed by atoms with E-state index >= 15 is 0 Å². The quantitative estimate of drug-likeness (QED) is 0.723. The number of carbonyl (C=O) groups is 2. The fourth-order valence-corrected chi connectivity index (χ4v) is 6.22. The van der Waals surface area contributed by atoms with Gasteiger partial charge in [-0.3, -0.25) is 9.69 Å². The van der Waals surface area contributed by atoms with Crippen molar-refractivity contribution in [1.29, 1.82) is 0 Å². The molecule has 162 valence electrons. The lowest BCUT2D eigenvalue weighted by molar-refractivity contribution is -0.126. The van der Waals surface area contributed by atoms with Crippen LogP contribution in [0.15, 0.2) is 11.2 Å². The van der Waals surface area contributed by atoms with E-state index in [1.165, 1.54) is 33.5 Å². The molecule has 1 fully saturated rings. The second-order valence-electron chi connectivity index (χ2n) is 9.21. The molecule has 3 heterocycles. The molecule has 1 aliphatic heterocycles. The first kappa shape index (κ1) is 21.4. The van der Waals surface area contributed by atoms with Crippen LogP contribution in [0.2, 0.25) is 0 Å². The largest absolute Gasteiger partial charge is 0.336 e. The maximum atomic E-state index is 12.6. The van der Waals surface area contributed by atoms with Crippen molar-refractivity contribution in [3.05, 3.63) is 16.5 Å². The van der Waals surface area contributed by atoms with Crippen molar-refractivity contribution in [1.82, 2.24) is 25.0 Å². The zero-order valence-corrected chi connectivity index (χ0v) is 19.8. The predicted molar refractivity (Wildman–Crippen MR) is 120 cm³/mol. The number of urea groups is 1. The first-order valence-corrected chi connectivity index (χ1v) is 12.1. The number of thioether (sulfide) groups is 1. The van der Waals surface area contributed by atoms with Crippen LogP contribution in [0.5, 0.6) is 0 Å². The molecule has 2 aliphatic rings. The fourth-order valence-electron chi connectivity index (χ4n) is 4.12. The molecule has 0 aromatic carbocycles. The third kappa shape index (κ3) is 4.01. The highest BCUT2D eigenvalue weighted by atomic mass is 32.2. The number of nitrogens with one attached hydrogen (secondary N) is 1. The van der Waals surface area contributed by atoms with Gasteiger partial charge in [-0.25, -0.2) is 4.79 Å². The van der Waals surface area contributed by atoms with Gasteiger partial charge in [0.15, 0.2) is 11.0 Å². The Hall–Kier alpha value is -1.87. The Morgan fingerprint density at radius 1 is 1.37 bits per heavy atom. The van der Waals surface area contributed by atoms with Crippen molar-refractivity contribution in [2.75, 3.05) is 13.1 Å². The molecule has 0 bridgehead atoms. The highest BCUT2D eigenvalue weighted by Crippen LogP contribution is 2.42. The summed E-state index contributed by atoms with van der Waals surface area (Å²) in [5.41, 5.74) is 1.77. The summed E-state index contributed by atoms with van der Waals surface area (Å²) in [6.45, 7) is 9.73. The maximum absolute atomic E-state index is 12.6. The number of hydrogen-bond acceptors (Lipinski definition) is 6. The summed E-state index contributed by atoms with van der Waals surface area (Å²) >= 11 is 3.16. The van der Waals surface area contributed by atoms with Gasteiger partial charge >= 0.3 is 6.03 Å². The summed E-state index contributed by atoms with van der Waals surface area (Å²) in [5, 5.41) is 11.7. The van der Waals surface area contributed by atoms with Crippen molar-refractivity contribution in [2.24, 2.45) is 18.4 Å². The van der Waals surface area contributed by atoms with Crippen LogP contribution in [-0.4, -0.2) is 49.9 Å². The number of fused-ring (bicyclic) bond motifs is 1. The van der Waals surface area contributed by atoms with Crippen LogP contribution < -0.4 is 5.32 Å². The van der Waals surface area contributed by atoms with Crippen LogP contribution in [0, 0.1) is 11.3 Å². The fraction of sp³-hybridized carbons (Fsp3) is 0.619. The molecule has 30 heavy (non-hydrogen) atoms. The molecule has 3 amide bonds. The molecule has 4 rings (SSSR count). The topological polar surface area (TPSA) is 80.1 Å². The number of rotatable bonds is 4. The van der Waals surface area contributed by atoms with Gasteiger partial charge in [0.2, 0.25) is 5.91 Å². The van der Waals surface area contributed by atoms with Crippen LogP contribution >= 0.6 is 23.1 Å². The Labute approximate surface area is 185 Å². The molecule has 1 aliphatic carbocycles. The van der Waals surface area contributed by atoms with E-state index < -0.39 is 5.25 Å². The molecule has 0 spiro atoms. The first-order valence-electron chi connectivity index (χ1n) is 10.4. The predicted octanol–water partition coefficient (Wildman–Crippen LogP) is 3.73. The Bertz CT molecular complexity index is 975. The normalized spacial score (nSPS) is 20.2. The first-order chi connectivity index (χ1) is 14.1. The zero-order valence-electron chi connectivity index (χ0n) is 18.2. The highest BCUT2D eigenvalue weighted by Gasteiger charge is 2.32. The lowest BCUT2D eigenvalue weighted by Gasteiger charge is -2.33. The monoisotopic (exact) mass is 447 g/mol. The third-order valence-electron chi connectivity index (χ3n) is 6.12. The van der Waals surface area contributed by atoms with E-state index in [0.717, 1.165) is 23.5 Å². The van der Waals surface area contributed by atoms with E-state index in [9.17, 15) is 9.59 Å². The molecule has 2 aromatic rings. The number of hydrogen-bond donors (Lipinski definition) is 1. The second kappa shape index (κ2) is 8.00. The van der Waals surface area contributed by atoms with E-state index in [1.54, 1.807) is 0 Å². The van der Waals surface area contributed by atoms with Gasteiger partial charge in [-0.15, -0.1) is 21.5 Å². The molecular formula is C21H29N5O2S2. The van der Waals surface area contributed by atoms with Gasteiger partial charge in [-0.2, -0.15) is 0 Å². The highest BCUT2D eigenvalue weighted by molar-refractivity contribution is 8.00. The smallest absolute Gasteiger partial charge is 0.324 e. The van der Waals surface area contributed by atoms with Gasteiger partial charge in [0.05, 0.1) is 10.1 Å². The standard InChI is InChI=1S/C21H29N5O2S2/c1-12(18(27)26-9-8-22-19(26)28)29-20-24-23-17(25(20)5)16-11-13-10-14(21(2,3)4)6-7-15(13)30-16/h11-12,14H,6-10H2,1-5H3,(H,22,28)/t12-,14-/m0/s1. The molecule has 1 N–H and O–H groups in total.